The number of carbonyl (C=O) groups excluding carboxylic acids is 3. The number of halogens is 1. The Labute approximate surface area is 267 Å². The molecular weight excluding hydrogens is 664 g/mol. The number of carbonyl (C=O) groups is 7. The van der Waals surface area contributed by atoms with Crippen LogP contribution in [0.5, 0.6) is 0 Å². The van der Waals surface area contributed by atoms with Crippen LogP contribution in [-0.4, -0.2) is 148 Å². The lowest BCUT2D eigenvalue weighted by Crippen LogP contribution is -2.51. The van der Waals surface area contributed by atoms with Crippen LogP contribution in [0.3, 0.4) is 0 Å². The molecule has 1 rings (SSSR count). The van der Waals surface area contributed by atoms with Crippen molar-refractivity contribution in [1.29, 1.82) is 0 Å². The highest BCUT2D eigenvalue weighted by atomic mass is 79.9. The molecule has 0 fully saturated rings. The Morgan fingerprint density at radius 3 is 1.64 bits per heavy atom. The highest BCUT2D eigenvalue weighted by molar-refractivity contribution is 9.10. The molecule has 0 saturated heterocycles. The monoisotopic (exact) mass is 702 g/mol. The number of nitrogens with zero attached hydrogens (tertiary/aromatic N) is 3. The zero-order valence-corrected chi connectivity index (χ0v) is 26.3. The summed E-state index contributed by atoms with van der Waals surface area (Å²) >= 11 is 3.37. The highest BCUT2D eigenvalue weighted by Crippen LogP contribution is 2.23. The fourth-order valence-electron chi connectivity index (χ4n) is 4.14. The molecule has 0 aliphatic heterocycles. The van der Waals surface area contributed by atoms with E-state index in [0.717, 1.165) is 9.37 Å². The Morgan fingerprint density at radius 1 is 0.733 bits per heavy atom. The number of hydrogen-bond acceptors (Lipinski definition) is 11. The number of nitrogens with two attached hydrogens (primary N) is 1. The lowest BCUT2D eigenvalue weighted by molar-refractivity contribution is -0.143. The van der Waals surface area contributed by atoms with E-state index in [9.17, 15) is 43.8 Å². The van der Waals surface area contributed by atoms with Gasteiger partial charge in [-0.15, -0.1) is 0 Å². The summed E-state index contributed by atoms with van der Waals surface area (Å²) in [5.74, 6) is -6.71. The van der Waals surface area contributed by atoms with Crippen molar-refractivity contribution in [2.75, 3.05) is 65.4 Å². The summed E-state index contributed by atoms with van der Waals surface area (Å²) < 4.78 is 0.731. The van der Waals surface area contributed by atoms with Gasteiger partial charge in [0.05, 0.1) is 32.7 Å². The number of carboxylic acids is 4. The molecule has 2 unspecified atom stereocenters. The van der Waals surface area contributed by atoms with Gasteiger partial charge in [0.25, 0.3) is 0 Å². The van der Waals surface area contributed by atoms with E-state index < -0.39 is 86.3 Å². The Morgan fingerprint density at radius 2 is 1.18 bits per heavy atom. The summed E-state index contributed by atoms with van der Waals surface area (Å²) in [6.45, 7) is -2.15. The molecule has 2 atom stereocenters. The van der Waals surface area contributed by atoms with Crippen LogP contribution >= 0.6 is 15.9 Å². The zero-order valence-electron chi connectivity index (χ0n) is 24.7. The van der Waals surface area contributed by atoms with Gasteiger partial charge in [0.2, 0.25) is 11.8 Å². The number of benzene rings is 1. The lowest BCUT2D eigenvalue weighted by atomic mass is 10.0. The standard InChI is InChI=1S/C27H39BrN6O11/c1-17(35)21(11-30-22(36)10-20(29)18-4-2-3-5-19(18)28)31-23(37)12-33(14-25(40)41)8-6-32(13-24(38)39)7-9-34(15-26(42)43)16-27(44)45/h2-5,20-21H,6-16,29H2,1H3,(H,30,36)(H,31,37)(H,38,39)(H,40,41)(H,42,43)(H,44,45). The first-order valence-electron chi connectivity index (χ1n) is 13.7. The van der Waals surface area contributed by atoms with Crippen LogP contribution in [0.1, 0.15) is 24.9 Å². The molecule has 1 aromatic carbocycles. The van der Waals surface area contributed by atoms with E-state index in [4.69, 9.17) is 15.9 Å². The number of ketones is 1. The van der Waals surface area contributed by atoms with Crippen LogP contribution in [0.4, 0.5) is 0 Å². The molecular formula is C27H39BrN6O11. The molecule has 0 aromatic heterocycles. The van der Waals surface area contributed by atoms with Gasteiger partial charge in [0.1, 0.15) is 6.04 Å². The minimum Gasteiger partial charge on any atom is -0.480 e. The summed E-state index contributed by atoms with van der Waals surface area (Å²) in [6, 6.07) is 5.36. The number of rotatable bonds is 23. The number of Topliss-reactive ketones (excluding diaryl/α,β-unsaturated/α-hetero) is 1. The van der Waals surface area contributed by atoms with Gasteiger partial charge in [-0.05, 0) is 18.6 Å². The van der Waals surface area contributed by atoms with E-state index in [2.05, 4.69) is 26.6 Å². The summed E-state index contributed by atoms with van der Waals surface area (Å²) in [4.78, 5) is 85.9. The van der Waals surface area contributed by atoms with Crippen molar-refractivity contribution in [3.05, 3.63) is 34.3 Å². The molecule has 8 N–H and O–H groups in total. The average Bonchev–Trinajstić information content (AvgIpc) is 2.91. The third-order valence-corrected chi connectivity index (χ3v) is 7.03. The van der Waals surface area contributed by atoms with Crippen molar-refractivity contribution in [1.82, 2.24) is 25.3 Å². The van der Waals surface area contributed by atoms with Crippen molar-refractivity contribution in [3.63, 3.8) is 0 Å². The van der Waals surface area contributed by atoms with Crippen molar-refractivity contribution in [3.8, 4) is 0 Å². The molecule has 0 aliphatic rings. The Bertz CT molecular complexity index is 1200. The van der Waals surface area contributed by atoms with E-state index in [1.54, 1.807) is 24.3 Å². The third-order valence-electron chi connectivity index (χ3n) is 6.31. The number of nitrogens with one attached hydrogen (secondary N) is 2. The minimum absolute atomic E-state index is 0.0586. The number of carboxylic acid groups (broad SMARTS) is 4. The van der Waals surface area contributed by atoms with Gasteiger partial charge in [0.15, 0.2) is 5.78 Å². The molecule has 1 aromatic rings. The number of hydrogen-bond donors (Lipinski definition) is 7. The van der Waals surface area contributed by atoms with E-state index >= 15 is 0 Å². The fourth-order valence-corrected chi connectivity index (χ4v) is 4.72. The quantitative estimate of drug-likeness (QED) is 0.0668. The molecule has 0 spiro atoms. The van der Waals surface area contributed by atoms with Crippen molar-refractivity contribution < 1.29 is 54.0 Å². The van der Waals surface area contributed by atoms with Gasteiger partial charge in [-0.3, -0.25) is 48.3 Å². The number of amides is 2. The predicted octanol–water partition coefficient (Wildman–Crippen LogP) is -1.73. The maximum absolute atomic E-state index is 12.8. The topological polar surface area (TPSA) is 260 Å². The van der Waals surface area contributed by atoms with E-state index in [1.807, 2.05) is 0 Å². The van der Waals surface area contributed by atoms with Gasteiger partial charge in [-0.25, -0.2) is 0 Å². The first-order valence-corrected chi connectivity index (χ1v) is 14.5. The second kappa shape index (κ2) is 20.1. The predicted molar refractivity (Wildman–Crippen MR) is 161 cm³/mol. The molecule has 0 heterocycles. The molecule has 0 aliphatic carbocycles. The second-order valence-electron chi connectivity index (χ2n) is 10.1. The normalized spacial score (nSPS) is 12.5. The maximum Gasteiger partial charge on any atom is 0.317 e. The molecule has 0 radical (unpaired) electrons. The summed E-state index contributed by atoms with van der Waals surface area (Å²) in [7, 11) is 0. The maximum atomic E-state index is 12.8. The van der Waals surface area contributed by atoms with Crippen LogP contribution in [0.2, 0.25) is 0 Å². The molecule has 18 heteroatoms. The van der Waals surface area contributed by atoms with E-state index in [1.165, 1.54) is 16.7 Å². The first-order chi connectivity index (χ1) is 21.1. The van der Waals surface area contributed by atoms with Crippen LogP contribution < -0.4 is 16.4 Å². The first kappa shape index (κ1) is 39.1. The van der Waals surface area contributed by atoms with Crippen molar-refractivity contribution >= 4 is 57.4 Å². The Balaban J connectivity index is 2.78. The van der Waals surface area contributed by atoms with Crippen LogP contribution in [-0.2, 0) is 33.6 Å². The molecule has 17 nitrogen and oxygen atoms in total. The Hall–Kier alpha value is -3.97. The van der Waals surface area contributed by atoms with Gasteiger partial charge in [-0.1, -0.05) is 34.1 Å². The lowest BCUT2D eigenvalue weighted by Gasteiger charge is -2.28. The van der Waals surface area contributed by atoms with Gasteiger partial charge in [0, 0.05) is 49.7 Å². The van der Waals surface area contributed by atoms with Crippen LogP contribution in [0.15, 0.2) is 28.7 Å². The van der Waals surface area contributed by atoms with Crippen LogP contribution in [0, 0.1) is 0 Å². The van der Waals surface area contributed by atoms with Crippen LogP contribution in [0.25, 0.3) is 0 Å². The second-order valence-corrected chi connectivity index (χ2v) is 11.0. The average molecular weight is 704 g/mol. The van der Waals surface area contributed by atoms with Gasteiger partial charge < -0.3 is 36.8 Å². The fraction of sp³-hybridized carbons (Fsp3) is 0.519. The van der Waals surface area contributed by atoms with Crippen molar-refractivity contribution in [2.24, 2.45) is 5.73 Å². The van der Waals surface area contributed by atoms with Gasteiger partial charge in [-0.2, -0.15) is 0 Å². The SMILES string of the molecule is CC(=O)C(CNC(=O)CC(N)c1ccccc1Br)NC(=O)CN(CCN(CCN(CC(=O)O)CC(=O)O)CC(=O)O)CC(=O)O. The molecule has 0 bridgehead atoms. The number of aliphatic carboxylic acids is 4. The summed E-state index contributed by atoms with van der Waals surface area (Å²) in [6.07, 6.45) is -0.0925. The van der Waals surface area contributed by atoms with E-state index in [0.29, 0.717) is 5.56 Å². The van der Waals surface area contributed by atoms with Gasteiger partial charge >= 0.3 is 23.9 Å². The summed E-state index contributed by atoms with van der Waals surface area (Å²) in [5, 5.41) is 41.6. The minimum atomic E-state index is -1.28. The van der Waals surface area contributed by atoms with E-state index in [-0.39, 0.29) is 39.1 Å². The molecule has 45 heavy (non-hydrogen) atoms. The molecule has 0 saturated carbocycles. The smallest absolute Gasteiger partial charge is 0.317 e. The van der Waals surface area contributed by atoms with Crippen molar-refractivity contribution in [2.45, 2.75) is 25.4 Å². The summed E-state index contributed by atoms with van der Waals surface area (Å²) in [5.41, 5.74) is 6.83. The zero-order chi connectivity index (χ0) is 34.1. The highest BCUT2D eigenvalue weighted by Gasteiger charge is 2.23. The third kappa shape index (κ3) is 17.2. The molecule has 2 amide bonds. The Kier molecular flexibility index (Phi) is 17.5. The largest absolute Gasteiger partial charge is 0.480 e. The molecule has 250 valence electrons.